The Morgan fingerprint density at radius 2 is 1.64 bits per heavy atom. The maximum atomic E-state index is 3.17. The largest absolute Gasteiger partial charge is 0.457 e. The molecule has 4 atom stereocenters. The molecular weight excluding hydrogens is 265 g/mol. The molecule has 1 nitrogen and oxygen atoms in total. The molecule has 4 bridgehead atoms. The van der Waals surface area contributed by atoms with Gasteiger partial charge in [0.05, 0.1) is 6.54 Å². The minimum atomic E-state index is -0.181. The van der Waals surface area contributed by atoms with E-state index in [1.165, 1.54) is 25.8 Å². The lowest BCUT2D eigenvalue weighted by molar-refractivity contribution is -0.410. The second-order valence-electron chi connectivity index (χ2n) is 9.70. The molecule has 0 N–H and O–H groups in total. The zero-order valence-corrected chi connectivity index (χ0v) is 13.9. The van der Waals surface area contributed by atoms with E-state index in [1.54, 1.807) is 44.8 Å². The van der Waals surface area contributed by atoms with Crippen LogP contribution in [0.25, 0.3) is 0 Å². The van der Waals surface area contributed by atoms with E-state index in [9.17, 15) is 0 Å². The molecule has 2 saturated heterocycles. The number of hydrogen-bond donors (Lipinski definition) is 0. The second kappa shape index (κ2) is 4.30. The van der Waals surface area contributed by atoms with Crippen molar-refractivity contribution in [3.8, 4) is 0 Å². The van der Waals surface area contributed by atoms with Crippen molar-refractivity contribution in [2.75, 3.05) is 6.54 Å². The molecule has 22 heavy (non-hydrogen) atoms. The van der Waals surface area contributed by atoms with Crippen molar-refractivity contribution >= 4 is 12.0 Å². The maximum absolute atomic E-state index is 3.17. The molecule has 0 unspecified atom stereocenters. The van der Waals surface area contributed by atoms with Gasteiger partial charge in [-0.25, -0.2) is 0 Å². The zero-order valence-electron chi connectivity index (χ0n) is 13.9. The van der Waals surface area contributed by atoms with Crippen LogP contribution >= 0.6 is 0 Å². The molecule has 0 aromatic rings. The zero-order chi connectivity index (χ0) is 14.3. The molecule has 6 aliphatic rings. The normalized spacial score (nSPS) is 54.9. The average Bonchev–Trinajstić information content (AvgIpc) is 3.19. The van der Waals surface area contributed by atoms with Crippen LogP contribution in [0.3, 0.4) is 0 Å². The highest BCUT2D eigenvalue weighted by atomic mass is 15.0. The third-order valence-corrected chi connectivity index (χ3v) is 9.40. The van der Waals surface area contributed by atoms with Crippen LogP contribution in [-0.4, -0.2) is 23.0 Å². The summed E-state index contributed by atoms with van der Waals surface area (Å²) in [7, 11) is 0. The van der Waals surface area contributed by atoms with Gasteiger partial charge in [0.25, 0.3) is 6.28 Å². The van der Waals surface area contributed by atoms with E-state index in [4.69, 9.17) is 0 Å². The molecule has 4 aliphatic heterocycles. The van der Waals surface area contributed by atoms with Crippen molar-refractivity contribution < 1.29 is 4.49 Å². The number of rotatable bonds is 0. The molecule has 4 heterocycles. The van der Waals surface area contributed by atoms with E-state index >= 15 is 0 Å². The molecule has 118 valence electrons. The molecule has 1 saturated carbocycles. The number of allylic oxidation sites excluding steroid dienone is 2. The molecule has 0 radical (unpaired) electrons. The Labute approximate surface area is 135 Å². The van der Waals surface area contributed by atoms with Gasteiger partial charge in [-0.2, -0.15) is 0 Å². The highest BCUT2D eigenvalue weighted by Crippen LogP contribution is 2.60. The van der Waals surface area contributed by atoms with Gasteiger partial charge in [0, 0.05) is 18.3 Å². The van der Waals surface area contributed by atoms with Gasteiger partial charge >= 0.3 is 0 Å². The summed E-state index contributed by atoms with van der Waals surface area (Å²) >= 11 is 0. The summed E-state index contributed by atoms with van der Waals surface area (Å²) < 4.78 is 3.17. The SMILES string of the molecule is C1=C[C@H]2C[C@@H]1[C@H]1C[N+]3=C(CCC[B-]34C3CCCC4CCC3)[C@H]12. The van der Waals surface area contributed by atoms with Crippen LogP contribution in [0.5, 0.6) is 0 Å². The molecule has 2 heteroatoms. The van der Waals surface area contributed by atoms with Gasteiger partial charge in [-0.3, -0.25) is 0 Å². The Bertz CT molecular complexity index is 554. The van der Waals surface area contributed by atoms with E-state index in [2.05, 4.69) is 16.6 Å². The monoisotopic (exact) mass is 295 g/mol. The first-order valence-electron chi connectivity index (χ1n) is 10.4. The average molecular weight is 295 g/mol. The Kier molecular flexibility index (Phi) is 2.51. The van der Waals surface area contributed by atoms with Gasteiger partial charge in [-0.1, -0.05) is 57.1 Å². The first-order valence-corrected chi connectivity index (χ1v) is 10.4. The Morgan fingerprint density at radius 3 is 2.41 bits per heavy atom. The van der Waals surface area contributed by atoms with Crippen LogP contribution in [0.1, 0.15) is 57.8 Å². The molecular formula is C20H30BN. The van der Waals surface area contributed by atoms with Gasteiger partial charge in [-0.05, 0) is 18.3 Å². The summed E-state index contributed by atoms with van der Waals surface area (Å²) in [6.45, 7) is 1.47. The van der Waals surface area contributed by atoms with Crippen LogP contribution in [0, 0.1) is 23.7 Å². The van der Waals surface area contributed by atoms with Gasteiger partial charge in [0.15, 0.2) is 0 Å². The fourth-order valence-electron chi connectivity index (χ4n) is 8.88. The van der Waals surface area contributed by atoms with Crippen LogP contribution in [-0.2, 0) is 0 Å². The molecule has 3 fully saturated rings. The highest BCUT2D eigenvalue weighted by Gasteiger charge is 2.62. The van der Waals surface area contributed by atoms with Crippen LogP contribution in [0.15, 0.2) is 12.2 Å². The van der Waals surface area contributed by atoms with Gasteiger partial charge < -0.3 is 4.49 Å². The fraction of sp³-hybridized carbons (Fsp3) is 0.850. The lowest BCUT2D eigenvalue weighted by Gasteiger charge is -2.56. The number of nitrogens with zero attached hydrogens (tertiary/aromatic N) is 1. The quantitative estimate of drug-likeness (QED) is 0.448. The molecule has 6 rings (SSSR count). The minimum Gasteiger partial charge on any atom is -0.457 e. The second-order valence-corrected chi connectivity index (χ2v) is 9.70. The van der Waals surface area contributed by atoms with Gasteiger partial charge in [0.2, 0.25) is 0 Å². The predicted octanol–water partition coefficient (Wildman–Crippen LogP) is 4.74. The highest BCUT2D eigenvalue weighted by molar-refractivity contribution is 6.76. The first kappa shape index (κ1) is 12.8. The summed E-state index contributed by atoms with van der Waals surface area (Å²) in [4.78, 5) is 0. The van der Waals surface area contributed by atoms with E-state index in [1.807, 2.05) is 5.71 Å². The molecule has 0 amide bonds. The van der Waals surface area contributed by atoms with E-state index in [-0.39, 0.29) is 6.28 Å². The van der Waals surface area contributed by atoms with E-state index in [0.29, 0.717) is 0 Å². The van der Waals surface area contributed by atoms with Crippen molar-refractivity contribution in [2.45, 2.75) is 75.7 Å². The summed E-state index contributed by atoms with van der Waals surface area (Å²) in [6.07, 6.45) is 20.5. The molecule has 0 aromatic carbocycles. The fourth-order valence-corrected chi connectivity index (χ4v) is 8.88. The van der Waals surface area contributed by atoms with E-state index in [0.717, 1.165) is 35.3 Å². The third kappa shape index (κ3) is 1.38. The summed E-state index contributed by atoms with van der Waals surface area (Å²) in [6, 6.07) is 0. The van der Waals surface area contributed by atoms with Crippen molar-refractivity contribution in [1.29, 1.82) is 0 Å². The predicted molar refractivity (Wildman–Crippen MR) is 92.8 cm³/mol. The Hall–Kier alpha value is -0.525. The van der Waals surface area contributed by atoms with Crippen molar-refractivity contribution in [3.63, 3.8) is 0 Å². The third-order valence-electron chi connectivity index (χ3n) is 9.40. The molecule has 1 spiro atoms. The van der Waals surface area contributed by atoms with Gasteiger partial charge in [0.1, 0.15) is 5.71 Å². The summed E-state index contributed by atoms with van der Waals surface area (Å²) in [5.41, 5.74) is 1.98. The maximum Gasteiger partial charge on any atom is 0.278 e. The summed E-state index contributed by atoms with van der Waals surface area (Å²) in [5, 5.41) is 0. The smallest absolute Gasteiger partial charge is 0.278 e. The van der Waals surface area contributed by atoms with Crippen molar-refractivity contribution in [3.05, 3.63) is 12.2 Å². The van der Waals surface area contributed by atoms with Crippen LogP contribution < -0.4 is 0 Å². The number of fused-ring (bicyclic) bond motifs is 6. The molecule has 0 aromatic heterocycles. The van der Waals surface area contributed by atoms with E-state index < -0.39 is 0 Å². The Balaban J connectivity index is 1.48. The lowest BCUT2D eigenvalue weighted by Crippen LogP contribution is -2.61. The van der Waals surface area contributed by atoms with Crippen molar-refractivity contribution in [2.24, 2.45) is 23.7 Å². The van der Waals surface area contributed by atoms with Gasteiger partial charge in [-0.15, -0.1) is 18.0 Å². The number of hydrogen-bond acceptors (Lipinski definition) is 0. The topological polar surface area (TPSA) is 3.01 Å². The summed E-state index contributed by atoms with van der Waals surface area (Å²) in [5.74, 6) is 6.09. The first-order chi connectivity index (χ1) is 10.9. The molecule has 2 aliphatic carbocycles. The Morgan fingerprint density at radius 1 is 0.909 bits per heavy atom. The van der Waals surface area contributed by atoms with Crippen LogP contribution in [0.2, 0.25) is 18.0 Å². The minimum absolute atomic E-state index is 0.181. The standard InChI is InChI=1S/C20H30BN/c1-4-16-6-2-7-17(5-1)21(16)11-3-8-19-20-15-10-9-14(12-15)18(20)13-22(19)21/h9-10,14-18,20H,1-8,11-13H2/t14-,15+,16?,17?,18-,20+,21?/m1/s1. The lowest BCUT2D eigenvalue weighted by atomic mass is 9.14. The van der Waals surface area contributed by atoms with Crippen molar-refractivity contribution in [1.82, 2.24) is 0 Å². The van der Waals surface area contributed by atoms with Crippen LogP contribution in [0.4, 0.5) is 0 Å².